The van der Waals surface area contributed by atoms with E-state index in [1.54, 1.807) is 11.1 Å². The van der Waals surface area contributed by atoms with Gasteiger partial charge in [-0.2, -0.15) is 0 Å². The van der Waals surface area contributed by atoms with E-state index in [4.69, 9.17) is 0 Å². The number of thiophene rings is 1. The highest BCUT2D eigenvalue weighted by atomic mass is 32.1. The largest absolute Gasteiger partial charge is 0.347 e. The van der Waals surface area contributed by atoms with E-state index in [1.165, 1.54) is 11.3 Å². The summed E-state index contributed by atoms with van der Waals surface area (Å²) in [5.41, 5.74) is 2.06. The zero-order chi connectivity index (χ0) is 18.4. The van der Waals surface area contributed by atoms with Gasteiger partial charge in [0.2, 0.25) is 0 Å². The van der Waals surface area contributed by atoms with E-state index < -0.39 is 0 Å². The standard InChI is InChI=1S/C19H17N5O2S/c25-17(22-11-6-8-20-10-11)16-15-14-13(7-9-21-18(14)27-16)24(19(26)23-15)12-4-2-1-3-5-12/h1-5,7,9,11,20H,6,8,10H2,(H,22,25)(H,23,26)/t11-/m1/s1. The van der Waals surface area contributed by atoms with Crippen molar-refractivity contribution in [1.82, 2.24) is 15.6 Å². The third-order valence-corrected chi connectivity index (χ3v) is 5.96. The van der Waals surface area contributed by atoms with Crippen LogP contribution in [0.4, 0.5) is 21.9 Å². The summed E-state index contributed by atoms with van der Waals surface area (Å²) in [6.07, 6.45) is 2.58. The molecule has 2 aliphatic heterocycles. The molecule has 1 saturated heterocycles. The fraction of sp³-hybridized carbons (Fsp3) is 0.211. The molecule has 136 valence electrons. The minimum absolute atomic E-state index is 0.113. The van der Waals surface area contributed by atoms with E-state index in [1.807, 2.05) is 36.4 Å². The highest BCUT2D eigenvalue weighted by molar-refractivity contribution is 7.21. The lowest BCUT2D eigenvalue weighted by atomic mass is 10.1. The van der Waals surface area contributed by atoms with E-state index >= 15 is 0 Å². The van der Waals surface area contributed by atoms with Crippen molar-refractivity contribution in [2.24, 2.45) is 0 Å². The summed E-state index contributed by atoms with van der Waals surface area (Å²) >= 11 is 1.31. The monoisotopic (exact) mass is 379 g/mol. The van der Waals surface area contributed by atoms with Crippen LogP contribution in [0, 0.1) is 0 Å². The second-order valence-corrected chi connectivity index (χ2v) is 7.58. The Morgan fingerprint density at radius 1 is 1.26 bits per heavy atom. The maximum absolute atomic E-state index is 12.9. The number of urea groups is 1. The Balaban J connectivity index is 1.61. The number of hydrogen-bond donors (Lipinski definition) is 3. The van der Waals surface area contributed by atoms with Crippen LogP contribution in [-0.2, 0) is 0 Å². The molecule has 8 heteroatoms. The number of carbonyl (C=O) groups is 2. The molecule has 3 amide bonds. The molecule has 1 aromatic carbocycles. The van der Waals surface area contributed by atoms with E-state index in [0.717, 1.165) is 41.1 Å². The maximum Gasteiger partial charge on any atom is 0.331 e. The average molecular weight is 379 g/mol. The summed E-state index contributed by atoms with van der Waals surface area (Å²) in [7, 11) is 0. The number of pyridine rings is 1. The highest BCUT2D eigenvalue weighted by Gasteiger charge is 2.33. The molecule has 1 fully saturated rings. The van der Waals surface area contributed by atoms with Gasteiger partial charge in [0, 0.05) is 18.8 Å². The van der Waals surface area contributed by atoms with Crippen molar-refractivity contribution >= 4 is 50.6 Å². The van der Waals surface area contributed by atoms with Gasteiger partial charge in [0.25, 0.3) is 5.91 Å². The Morgan fingerprint density at radius 2 is 2.11 bits per heavy atom. The van der Waals surface area contributed by atoms with Gasteiger partial charge >= 0.3 is 6.03 Å². The zero-order valence-electron chi connectivity index (χ0n) is 14.4. The SMILES string of the molecule is O=C(N[C@@H]1CCNC1)c1sc2nccc3c2c1NC(=O)N3c1ccccc1. The lowest BCUT2D eigenvalue weighted by molar-refractivity contribution is 0.0945. The normalized spacial score (nSPS) is 18.6. The Morgan fingerprint density at radius 3 is 2.89 bits per heavy atom. The number of amides is 3. The summed E-state index contributed by atoms with van der Waals surface area (Å²) < 4.78 is 0. The highest BCUT2D eigenvalue weighted by Crippen LogP contribution is 2.45. The molecule has 0 bridgehead atoms. The second kappa shape index (κ2) is 6.33. The summed E-state index contributed by atoms with van der Waals surface area (Å²) in [4.78, 5) is 33.0. The first-order chi connectivity index (χ1) is 13.2. The Labute approximate surface area is 159 Å². The molecule has 5 rings (SSSR count). The molecule has 2 aliphatic rings. The van der Waals surface area contributed by atoms with Crippen LogP contribution in [0.5, 0.6) is 0 Å². The molecule has 27 heavy (non-hydrogen) atoms. The number of carbonyl (C=O) groups excluding carboxylic acids is 2. The van der Waals surface area contributed by atoms with Crippen molar-refractivity contribution in [3.8, 4) is 0 Å². The Bertz CT molecular complexity index is 1040. The van der Waals surface area contributed by atoms with Gasteiger partial charge in [-0.3, -0.25) is 9.69 Å². The molecule has 7 nitrogen and oxygen atoms in total. The van der Waals surface area contributed by atoms with Crippen LogP contribution in [0.3, 0.4) is 0 Å². The lowest BCUT2D eigenvalue weighted by Gasteiger charge is -2.28. The summed E-state index contributed by atoms with van der Waals surface area (Å²) in [6.45, 7) is 1.67. The third-order valence-electron chi connectivity index (χ3n) is 4.86. The van der Waals surface area contributed by atoms with Gasteiger partial charge in [0.1, 0.15) is 9.71 Å². The van der Waals surface area contributed by atoms with E-state index in [0.29, 0.717) is 10.6 Å². The number of benzene rings is 1. The fourth-order valence-corrected chi connectivity index (χ4v) is 4.63. The van der Waals surface area contributed by atoms with Crippen molar-refractivity contribution in [2.45, 2.75) is 12.5 Å². The van der Waals surface area contributed by atoms with Crippen LogP contribution in [0.2, 0.25) is 0 Å². The van der Waals surface area contributed by atoms with Crippen LogP contribution in [0.25, 0.3) is 10.2 Å². The zero-order valence-corrected chi connectivity index (χ0v) is 15.2. The van der Waals surface area contributed by atoms with Crippen LogP contribution < -0.4 is 20.9 Å². The van der Waals surface area contributed by atoms with Crippen molar-refractivity contribution in [2.75, 3.05) is 23.3 Å². The van der Waals surface area contributed by atoms with Crippen molar-refractivity contribution in [1.29, 1.82) is 0 Å². The van der Waals surface area contributed by atoms with Gasteiger partial charge < -0.3 is 16.0 Å². The van der Waals surface area contributed by atoms with Crippen molar-refractivity contribution < 1.29 is 9.59 Å². The number of anilines is 3. The number of hydrogen-bond acceptors (Lipinski definition) is 5. The molecular formula is C19H17N5O2S. The first kappa shape index (κ1) is 16.2. The number of rotatable bonds is 3. The summed E-state index contributed by atoms with van der Waals surface area (Å²) in [5, 5.41) is 10.00. The molecule has 0 unspecified atom stereocenters. The van der Waals surface area contributed by atoms with Crippen molar-refractivity contribution in [3.63, 3.8) is 0 Å². The van der Waals surface area contributed by atoms with Gasteiger partial charge in [-0.1, -0.05) is 18.2 Å². The van der Waals surface area contributed by atoms with Crippen molar-refractivity contribution in [3.05, 3.63) is 47.5 Å². The first-order valence-corrected chi connectivity index (χ1v) is 9.63. The molecule has 0 aliphatic carbocycles. The second-order valence-electron chi connectivity index (χ2n) is 6.58. The molecule has 3 N–H and O–H groups in total. The van der Waals surface area contributed by atoms with Gasteiger partial charge in [0.15, 0.2) is 0 Å². The van der Waals surface area contributed by atoms with Gasteiger partial charge in [-0.15, -0.1) is 11.3 Å². The molecule has 0 saturated carbocycles. The number of nitrogens with zero attached hydrogens (tertiary/aromatic N) is 2. The molecule has 3 aromatic rings. The van der Waals surface area contributed by atoms with Crippen LogP contribution in [-0.4, -0.2) is 36.1 Å². The summed E-state index contributed by atoms with van der Waals surface area (Å²) in [5.74, 6) is -0.166. The molecule has 0 spiro atoms. The average Bonchev–Trinajstić information content (AvgIpc) is 3.31. The quantitative estimate of drug-likeness (QED) is 0.653. The van der Waals surface area contributed by atoms with Gasteiger partial charge in [0.05, 0.1) is 22.4 Å². The number of para-hydroxylation sites is 1. The molecule has 1 atom stereocenters. The number of aromatic nitrogens is 1. The van der Waals surface area contributed by atoms with Gasteiger partial charge in [-0.25, -0.2) is 9.78 Å². The predicted octanol–water partition coefficient (Wildman–Crippen LogP) is 3.07. The third kappa shape index (κ3) is 2.65. The Hall–Kier alpha value is -2.97. The maximum atomic E-state index is 12.9. The molecular weight excluding hydrogens is 362 g/mol. The van der Waals surface area contributed by atoms with Crippen LogP contribution >= 0.6 is 11.3 Å². The van der Waals surface area contributed by atoms with Crippen LogP contribution in [0.15, 0.2) is 42.6 Å². The minimum Gasteiger partial charge on any atom is -0.347 e. The first-order valence-electron chi connectivity index (χ1n) is 8.81. The lowest BCUT2D eigenvalue weighted by Crippen LogP contribution is -2.37. The molecule has 0 radical (unpaired) electrons. The summed E-state index contributed by atoms with van der Waals surface area (Å²) in [6, 6.07) is 11.1. The van der Waals surface area contributed by atoms with E-state index in [2.05, 4.69) is 20.9 Å². The molecule has 4 heterocycles. The fourth-order valence-electron chi connectivity index (χ4n) is 3.61. The Kier molecular flexibility index (Phi) is 3.80. The number of nitrogens with one attached hydrogen (secondary N) is 3. The predicted molar refractivity (Wildman–Crippen MR) is 106 cm³/mol. The van der Waals surface area contributed by atoms with Gasteiger partial charge in [-0.05, 0) is 31.2 Å². The molecule has 2 aromatic heterocycles. The smallest absolute Gasteiger partial charge is 0.331 e. The van der Waals surface area contributed by atoms with E-state index in [-0.39, 0.29) is 18.0 Å². The van der Waals surface area contributed by atoms with E-state index in [9.17, 15) is 9.59 Å². The minimum atomic E-state index is -0.281. The topological polar surface area (TPSA) is 86.4 Å². The van der Waals surface area contributed by atoms with Crippen LogP contribution in [0.1, 0.15) is 16.1 Å².